The van der Waals surface area contributed by atoms with Gasteiger partial charge in [-0.05, 0) is 109 Å². The molecule has 0 aliphatic heterocycles. The largest absolute Gasteiger partial charge is 0.443 e. The van der Waals surface area contributed by atoms with Gasteiger partial charge in [0, 0.05) is 115 Å². The predicted molar refractivity (Wildman–Crippen MR) is 299 cm³/mol. The van der Waals surface area contributed by atoms with E-state index in [1.54, 1.807) is 98.0 Å². The van der Waals surface area contributed by atoms with Crippen LogP contribution in [0.15, 0.2) is 298 Å². The van der Waals surface area contributed by atoms with E-state index < -0.39 is 0 Å². The Morgan fingerprint density at radius 3 is 1.52 bits per heavy atom. The number of aromatic amines is 3. The number of hydrogen-bond donors (Lipinski definition) is 3. The SMILES string of the molecule is c1ccc2[nH]ccc2c1.c1ccc2ncccc2c1.c1ccc2ocnc2c1.c1ccc2scnc2c1.c1ccncc1.c1ccnnc1.c1cn[nH]c1.c1cnc2[nH]ccc2c1.c1cnccn1.c1cncnc1. The smallest absolute Gasteiger partial charge is 0.181 e. The zero-order chi connectivity index (χ0) is 51.7. The minimum atomic E-state index is 0.845. The van der Waals surface area contributed by atoms with Crippen molar-refractivity contribution < 1.29 is 4.42 Å². The van der Waals surface area contributed by atoms with Gasteiger partial charge in [0.15, 0.2) is 12.0 Å². The Kier molecular flexibility index (Phi) is 24.9. The number of fused-ring (bicyclic) bond motifs is 5. The van der Waals surface area contributed by atoms with Gasteiger partial charge in [-0.1, -0.05) is 72.8 Å². The summed E-state index contributed by atoms with van der Waals surface area (Å²) in [6.45, 7) is 0. The van der Waals surface area contributed by atoms with Gasteiger partial charge >= 0.3 is 0 Å². The van der Waals surface area contributed by atoms with Crippen LogP contribution in [-0.2, 0) is 0 Å². The number of thiazole rings is 1. The molecule has 0 spiro atoms. The molecule has 16 nitrogen and oxygen atoms in total. The Bertz CT molecular complexity index is 2960. The molecular weight excluding hydrogens is 955 g/mol. The fourth-order valence-corrected chi connectivity index (χ4v) is 6.47. The summed E-state index contributed by atoms with van der Waals surface area (Å²) in [4.78, 5) is 41.1. The average molecular weight is 1010 g/mol. The zero-order valence-corrected chi connectivity index (χ0v) is 41.2. The van der Waals surface area contributed by atoms with Gasteiger partial charge in [0.05, 0.1) is 21.2 Å². The summed E-state index contributed by atoms with van der Waals surface area (Å²) in [5.41, 5.74) is 7.95. The van der Waals surface area contributed by atoms with E-state index in [9.17, 15) is 0 Å². The molecule has 0 radical (unpaired) electrons. The summed E-state index contributed by atoms with van der Waals surface area (Å²) in [5.74, 6) is 0. The van der Waals surface area contributed by atoms with E-state index in [-0.39, 0.29) is 0 Å². The van der Waals surface area contributed by atoms with Crippen LogP contribution in [0, 0.1) is 0 Å². The third-order valence-electron chi connectivity index (χ3n) is 9.18. The van der Waals surface area contributed by atoms with Crippen molar-refractivity contribution in [1.29, 1.82) is 0 Å². The Hall–Kier alpha value is -10.5. The van der Waals surface area contributed by atoms with Gasteiger partial charge in [0.1, 0.15) is 17.5 Å². The second-order valence-corrected chi connectivity index (χ2v) is 15.2. The maximum absolute atomic E-state index is 5.01. The van der Waals surface area contributed by atoms with Crippen LogP contribution in [0.3, 0.4) is 0 Å². The van der Waals surface area contributed by atoms with Crippen molar-refractivity contribution in [2.45, 2.75) is 0 Å². The third kappa shape index (κ3) is 22.0. The van der Waals surface area contributed by atoms with Crippen LogP contribution in [-0.4, -0.2) is 75.2 Å². The normalized spacial score (nSPS) is 9.33. The van der Waals surface area contributed by atoms with E-state index >= 15 is 0 Å². The number of hydrogen-bond acceptors (Lipinski definition) is 14. The number of rotatable bonds is 0. The summed E-state index contributed by atoms with van der Waals surface area (Å²) in [7, 11) is 0. The molecule has 0 bridgehead atoms. The fourth-order valence-electron chi connectivity index (χ4n) is 5.79. The molecule has 0 aliphatic rings. The monoisotopic (exact) mass is 1010 g/mol. The molecule has 17 heteroatoms. The number of nitrogens with one attached hydrogen (secondary N) is 3. The lowest BCUT2D eigenvalue weighted by Gasteiger charge is -1.91. The van der Waals surface area contributed by atoms with Crippen LogP contribution in [0.1, 0.15) is 0 Å². The van der Waals surface area contributed by atoms with E-state index in [0.717, 1.165) is 33.2 Å². The maximum atomic E-state index is 5.01. The Labute approximate surface area is 436 Å². The van der Waals surface area contributed by atoms with Crippen molar-refractivity contribution in [3.8, 4) is 0 Å². The zero-order valence-electron chi connectivity index (χ0n) is 40.4. The highest BCUT2D eigenvalue weighted by molar-refractivity contribution is 7.16. The maximum Gasteiger partial charge on any atom is 0.181 e. The first-order valence-corrected chi connectivity index (χ1v) is 23.9. The molecular formula is C58H51N15OS. The van der Waals surface area contributed by atoms with Crippen molar-refractivity contribution >= 4 is 65.5 Å². The first-order chi connectivity index (χ1) is 37.3. The molecule has 15 aromatic rings. The van der Waals surface area contributed by atoms with Gasteiger partial charge in [-0.3, -0.25) is 25.0 Å². The topological polar surface area (TPSA) is 215 Å². The lowest BCUT2D eigenvalue weighted by atomic mass is 10.2. The molecule has 0 amide bonds. The van der Waals surface area contributed by atoms with E-state index in [2.05, 4.69) is 112 Å². The Morgan fingerprint density at radius 1 is 0.360 bits per heavy atom. The van der Waals surface area contributed by atoms with Crippen molar-refractivity contribution in [3.63, 3.8) is 0 Å². The number of para-hydroxylation sites is 5. The lowest BCUT2D eigenvalue weighted by Crippen LogP contribution is -1.73. The predicted octanol–water partition coefficient (Wildman–Crippen LogP) is 13.0. The second-order valence-electron chi connectivity index (χ2n) is 14.3. The summed E-state index contributed by atoms with van der Waals surface area (Å²) in [6, 6.07) is 57.1. The van der Waals surface area contributed by atoms with Crippen molar-refractivity contribution in [2.24, 2.45) is 0 Å². The van der Waals surface area contributed by atoms with Gasteiger partial charge < -0.3 is 14.4 Å². The third-order valence-corrected chi connectivity index (χ3v) is 9.99. The highest BCUT2D eigenvalue weighted by Gasteiger charge is 1.92. The average Bonchev–Trinajstić information content (AvgIpc) is 4.40. The first-order valence-electron chi connectivity index (χ1n) is 23.0. The molecule has 0 saturated carbocycles. The molecule has 0 atom stereocenters. The van der Waals surface area contributed by atoms with Crippen molar-refractivity contribution in [2.75, 3.05) is 0 Å². The number of oxazole rings is 1. The molecule has 0 aliphatic carbocycles. The van der Waals surface area contributed by atoms with Crippen molar-refractivity contribution in [1.82, 2.24) is 75.2 Å². The van der Waals surface area contributed by atoms with Gasteiger partial charge in [-0.25, -0.2) is 24.9 Å². The van der Waals surface area contributed by atoms with Gasteiger partial charge in [-0.2, -0.15) is 15.3 Å². The summed E-state index contributed by atoms with van der Waals surface area (Å²) >= 11 is 1.68. The molecule has 15 rings (SSSR count). The Balaban J connectivity index is 0.000000137. The molecule has 3 N–H and O–H groups in total. The molecule has 75 heavy (non-hydrogen) atoms. The van der Waals surface area contributed by atoms with E-state index in [1.165, 1.54) is 33.7 Å². The van der Waals surface area contributed by atoms with Crippen LogP contribution < -0.4 is 0 Å². The van der Waals surface area contributed by atoms with Gasteiger partial charge in [0.2, 0.25) is 0 Å². The number of nitrogens with zero attached hydrogens (tertiary/aromatic N) is 12. The second kappa shape index (κ2) is 34.7. The van der Waals surface area contributed by atoms with Crippen LogP contribution in [0.4, 0.5) is 0 Å². The summed E-state index contributed by atoms with van der Waals surface area (Å²) in [6.07, 6.45) is 30.5. The Morgan fingerprint density at radius 2 is 0.960 bits per heavy atom. The molecule has 0 fully saturated rings. The van der Waals surface area contributed by atoms with E-state index in [0.29, 0.717) is 0 Å². The summed E-state index contributed by atoms with van der Waals surface area (Å²) in [5, 5.41) is 16.9. The minimum Gasteiger partial charge on any atom is -0.443 e. The quantitative estimate of drug-likeness (QED) is 0.129. The van der Waals surface area contributed by atoms with Crippen LogP contribution in [0.2, 0.25) is 0 Å². The molecule has 0 unspecified atom stereocenters. The van der Waals surface area contributed by atoms with Crippen LogP contribution in [0.5, 0.6) is 0 Å². The number of benzene rings is 4. The summed E-state index contributed by atoms with van der Waals surface area (Å²) < 4.78 is 6.27. The standard InChI is InChI=1S/C9H7N.C8H7N.C7H6N2.C7H5NO.C7H5NS.C5H5N.3C4H4N2.C3H4N2/c1-2-6-9-8(4-1)5-3-7-10-9;1-2-4-8-7(3-1)5-6-9-8;1-2-6-3-5-9-7(6)8-4-1;2*1-2-4-7-6(3-1)8-5-9-7;1-2-4-6-5-3-1;1-2-6-4-3-5-1;1-2-5-4-6-3-1;1-2-4-6-5-3-1;1-2-4-5-3-1/h1-7H;1-6,9H;1-5H,(H,8,9);2*1-5H;1-5H;3*1-4H;1-3H,(H,4,5). The van der Waals surface area contributed by atoms with Gasteiger partial charge in [0.25, 0.3) is 0 Å². The minimum absolute atomic E-state index is 0.845. The van der Waals surface area contributed by atoms with Crippen molar-refractivity contribution in [3.05, 3.63) is 293 Å². The first kappa shape index (κ1) is 53.8. The molecule has 4 aromatic carbocycles. The van der Waals surface area contributed by atoms with E-state index in [4.69, 9.17) is 4.42 Å². The highest BCUT2D eigenvalue weighted by Crippen LogP contribution is 2.15. The lowest BCUT2D eigenvalue weighted by molar-refractivity contribution is 0.602. The van der Waals surface area contributed by atoms with Gasteiger partial charge in [-0.15, -0.1) is 11.3 Å². The van der Waals surface area contributed by atoms with Crippen LogP contribution in [0.25, 0.3) is 54.2 Å². The molecule has 370 valence electrons. The fraction of sp³-hybridized carbons (Fsp3) is 0. The number of aromatic nitrogens is 15. The number of H-pyrrole nitrogens is 3. The molecule has 11 heterocycles. The van der Waals surface area contributed by atoms with Crippen LogP contribution >= 0.6 is 11.3 Å². The molecule has 0 saturated heterocycles. The molecule has 11 aromatic heterocycles. The highest BCUT2D eigenvalue weighted by atomic mass is 32.1. The number of pyridine rings is 3. The van der Waals surface area contributed by atoms with E-state index in [1.807, 2.05) is 158 Å².